The van der Waals surface area contributed by atoms with Crippen molar-refractivity contribution in [2.75, 3.05) is 14.2 Å². The van der Waals surface area contributed by atoms with Gasteiger partial charge in [-0.1, -0.05) is 18.2 Å². The molecule has 1 aromatic heterocycles. The normalized spacial score (nSPS) is 12.2. The molecule has 0 bridgehead atoms. The number of hydrogen-bond acceptors (Lipinski definition) is 3. The lowest BCUT2D eigenvalue weighted by Gasteiger charge is -2.21. The Hall–Kier alpha value is -1.87. The molecule has 2 rings (SSSR count). The van der Waals surface area contributed by atoms with Crippen LogP contribution in [0.25, 0.3) is 0 Å². The summed E-state index contributed by atoms with van der Waals surface area (Å²) in [6, 6.07) is 8.67. The molecule has 0 radical (unpaired) electrons. The number of nitrogens with one attached hydrogen (secondary N) is 1. The predicted octanol–water partition coefficient (Wildman–Crippen LogP) is 3.21. The third-order valence-corrected chi connectivity index (χ3v) is 3.81. The standard InChI is InChI=1S/C17H22N2O/c1-12-6-5-7-13(2)15(12)10-16(18-3)14-8-9-19-11-17(14)20-4/h5-9,11,16,18H,10H2,1-4H3. The van der Waals surface area contributed by atoms with Crippen LogP contribution in [0.2, 0.25) is 0 Å². The highest BCUT2D eigenvalue weighted by molar-refractivity contribution is 5.38. The highest BCUT2D eigenvalue weighted by Crippen LogP contribution is 2.28. The van der Waals surface area contributed by atoms with Crippen LogP contribution in [0.1, 0.15) is 28.3 Å². The minimum absolute atomic E-state index is 0.216. The molecule has 0 aliphatic carbocycles. The molecule has 0 spiro atoms. The van der Waals surface area contributed by atoms with Crippen LogP contribution in [0.15, 0.2) is 36.7 Å². The third-order valence-electron chi connectivity index (χ3n) is 3.81. The van der Waals surface area contributed by atoms with Gasteiger partial charge < -0.3 is 10.1 Å². The minimum atomic E-state index is 0.216. The van der Waals surface area contributed by atoms with E-state index in [0.717, 1.165) is 17.7 Å². The summed E-state index contributed by atoms with van der Waals surface area (Å²) < 4.78 is 5.42. The second kappa shape index (κ2) is 6.53. The summed E-state index contributed by atoms with van der Waals surface area (Å²) in [5.41, 5.74) is 5.20. The lowest BCUT2D eigenvalue weighted by Crippen LogP contribution is -2.20. The Morgan fingerprint density at radius 2 is 1.90 bits per heavy atom. The number of nitrogens with zero attached hydrogens (tertiary/aromatic N) is 1. The monoisotopic (exact) mass is 270 g/mol. The number of methoxy groups -OCH3 is 1. The second-order valence-corrected chi connectivity index (χ2v) is 5.03. The van der Waals surface area contributed by atoms with Gasteiger partial charge in [0.15, 0.2) is 0 Å². The van der Waals surface area contributed by atoms with E-state index in [4.69, 9.17) is 4.74 Å². The van der Waals surface area contributed by atoms with Gasteiger partial charge in [0.2, 0.25) is 0 Å². The summed E-state index contributed by atoms with van der Waals surface area (Å²) >= 11 is 0. The maximum Gasteiger partial charge on any atom is 0.141 e. The average molecular weight is 270 g/mol. The Morgan fingerprint density at radius 1 is 1.20 bits per heavy atom. The number of rotatable bonds is 5. The van der Waals surface area contributed by atoms with E-state index in [0.29, 0.717) is 0 Å². The van der Waals surface area contributed by atoms with Crippen molar-refractivity contribution in [3.8, 4) is 5.75 Å². The van der Waals surface area contributed by atoms with Crippen LogP contribution < -0.4 is 10.1 Å². The topological polar surface area (TPSA) is 34.2 Å². The Morgan fingerprint density at radius 3 is 2.50 bits per heavy atom. The van der Waals surface area contributed by atoms with Crippen molar-refractivity contribution in [3.05, 3.63) is 58.9 Å². The van der Waals surface area contributed by atoms with Crippen LogP contribution in [-0.2, 0) is 6.42 Å². The number of pyridine rings is 1. The Labute approximate surface area is 121 Å². The molecule has 0 aliphatic heterocycles. The summed E-state index contributed by atoms with van der Waals surface area (Å²) in [5.74, 6) is 0.832. The molecule has 0 amide bonds. The average Bonchev–Trinajstić information content (AvgIpc) is 2.47. The fourth-order valence-corrected chi connectivity index (χ4v) is 2.59. The first-order chi connectivity index (χ1) is 9.67. The van der Waals surface area contributed by atoms with Crippen LogP contribution in [0.3, 0.4) is 0 Å². The first-order valence-electron chi connectivity index (χ1n) is 6.87. The summed E-state index contributed by atoms with van der Waals surface area (Å²) in [4.78, 5) is 4.12. The van der Waals surface area contributed by atoms with Gasteiger partial charge in [-0.2, -0.15) is 0 Å². The van der Waals surface area contributed by atoms with E-state index in [-0.39, 0.29) is 6.04 Å². The molecule has 1 atom stereocenters. The van der Waals surface area contributed by atoms with E-state index in [9.17, 15) is 0 Å². The van der Waals surface area contributed by atoms with Crippen molar-refractivity contribution in [2.45, 2.75) is 26.3 Å². The molecule has 0 fully saturated rings. The maximum atomic E-state index is 5.42. The zero-order valence-corrected chi connectivity index (χ0v) is 12.6. The van der Waals surface area contributed by atoms with E-state index >= 15 is 0 Å². The lowest BCUT2D eigenvalue weighted by atomic mass is 9.93. The van der Waals surface area contributed by atoms with Gasteiger partial charge in [0.1, 0.15) is 5.75 Å². The van der Waals surface area contributed by atoms with Crippen molar-refractivity contribution in [1.82, 2.24) is 10.3 Å². The Bertz CT molecular complexity index is 561. The van der Waals surface area contributed by atoms with Gasteiger partial charge in [-0.25, -0.2) is 0 Å². The highest BCUT2D eigenvalue weighted by atomic mass is 16.5. The van der Waals surface area contributed by atoms with Crippen LogP contribution >= 0.6 is 0 Å². The number of likely N-dealkylation sites (N-methyl/N-ethyl adjacent to an activating group) is 1. The van der Waals surface area contributed by atoms with Crippen LogP contribution in [-0.4, -0.2) is 19.1 Å². The smallest absolute Gasteiger partial charge is 0.141 e. The molecule has 1 aromatic carbocycles. The van der Waals surface area contributed by atoms with E-state index in [2.05, 4.69) is 42.3 Å². The fourth-order valence-electron chi connectivity index (χ4n) is 2.59. The molecule has 1 unspecified atom stereocenters. The molecule has 0 saturated heterocycles. The van der Waals surface area contributed by atoms with Crippen molar-refractivity contribution >= 4 is 0 Å². The molecule has 0 aliphatic rings. The van der Waals surface area contributed by atoms with Crippen molar-refractivity contribution in [2.24, 2.45) is 0 Å². The predicted molar refractivity (Wildman–Crippen MR) is 82.2 cm³/mol. The number of aromatic nitrogens is 1. The molecule has 3 heteroatoms. The number of aryl methyl sites for hydroxylation is 2. The Kier molecular flexibility index (Phi) is 4.74. The Balaban J connectivity index is 2.34. The fraction of sp³-hybridized carbons (Fsp3) is 0.353. The first-order valence-corrected chi connectivity index (χ1v) is 6.87. The molecule has 20 heavy (non-hydrogen) atoms. The number of hydrogen-bond donors (Lipinski definition) is 1. The first kappa shape index (κ1) is 14.5. The van der Waals surface area contributed by atoms with Crippen LogP contribution in [0, 0.1) is 13.8 Å². The van der Waals surface area contributed by atoms with Crippen molar-refractivity contribution < 1.29 is 4.74 Å². The SMILES string of the molecule is CNC(Cc1c(C)cccc1C)c1ccncc1OC. The van der Waals surface area contributed by atoms with Gasteiger partial charge in [-0.15, -0.1) is 0 Å². The molecule has 0 saturated carbocycles. The molecule has 1 N–H and O–H groups in total. The minimum Gasteiger partial charge on any atom is -0.495 e. The van der Waals surface area contributed by atoms with E-state index in [1.807, 2.05) is 19.3 Å². The maximum absolute atomic E-state index is 5.42. The summed E-state index contributed by atoms with van der Waals surface area (Å²) in [6.07, 6.45) is 4.52. The molecular weight excluding hydrogens is 248 g/mol. The molecule has 1 heterocycles. The van der Waals surface area contributed by atoms with E-state index in [1.165, 1.54) is 16.7 Å². The van der Waals surface area contributed by atoms with Gasteiger partial charge in [0, 0.05) is 17.8 Å². The number of ether oxygens (including phenoxy) is 1. The van der Waals surface area contributed by atoms with Crippen LogP contribution in [0.4, 0.5) is 0 Å². The molecule has 106 valence electrons. The van der Waals surface area contributed by atoms with Gasteiger partial charge >= 0.3 is 0 Å². The summed E-state index contributed by atoms with van der Waals surface area (Å²) in [6.45, 7) is 4.33. The van der Waals surface area contributed by atoms with E-state index in [1.54, 1.807) is 13.3 Å². The highest BCUT2D eigenvalue weighted by Gasteiger charge is 2.16. The lowest BCUT2D eigenvalue weighted by molar-refractivity contribution is 0.399. The van der Waals surface area contributed by atoms with E-state index < -0.39 is 0 Å². The van der Waals surface area contributed by atoms with Crippen molar-refractivity contribution in [1.29, 1.82) is 0 Å². The molecule has 3 nitrogen and oxygen atoms in total. The largest absolute Gasteiger partial charge is 0.495 e. The van der Waals surface area contributed by atoms with Crippen molar-refractivity contribution in [3.63, 3.8) is 0 Å². The second-order valence-electron chi connectivity index (χ2n) is 5.03. The van der Waals surface area contributed by atoms with Gasteiger partial charge in [0.05, 0.1) is 13.3 Å². The zero-order chi connectivity index (χ0) is 14.5. The van der Waals surface area contributed by atoms with Gasteiger partial charge in [-0.05, 0) is 50.1 Å². The van der Waals surface area contributed by atoms with Gasteiger partial charge in [0.25, 0.3) is 0 Å². The van der Waals surface area contributed by atoms with Crippen LogP contribution in [0.5, 0.6) is 5.75 Å². The molecule has 2 aromatic rings. The quantitative estimate of drug-likeness (QED) is 0.906. The third kappa shape index (κ3) is 2.99. The molecular formula is C17H22N2O. The number of benzene rings is 1. The summed E-state index contributed by atoms with van der Waals surface area (Å²) in [5, 5.41) is 3.39. The summed E-state index contributed by atoms with van der Waals surface area (Å²) in [7, 11) is 3.67. The zero-order valence-electron chi connectivity index (χ0n) is 12.6. The van der Waals surface area contributed by atoms with Gasteiger partial charge in [-0.3, -0.25) is 4.98 Å².